The van der Waals surface area contributed by atoms with Gasteiger partial charge in [0, 0.05) is 29.2 Å². The van der Waals surface area contributed by atoms with E-state index in [9.17, 15) is 20.1 Å². The molecule has 8 heteroatoms. The van der Waals surface area contributed by atoms with Crippen LogP contribution in [0.3, 0.4) is 0 Å². The van der Waals surface area contributed by atoms with Crippen molar-refractivity contribution in [1.82, 2.24) is 0 Å². The summed E-state index contributed by atoms with van der Waals surface area (Å²) in [4.78, 5) is 11.7. The van der Waals surface area contributed by atoms with Crippen molar-refractivity contribution in [2.75, 3.05) is 12.1 Å². The first-order valence-corrected chi connectivity index (χ1v) is 11.8. The molecule has 0 atom stereocenters. The molecular weight excluding hydrogens is 479 g/mol. The number of hydrogen-bond acceptors (Lipinski definition) is 5. The number of halogens is 2. The molecule has 0 bridgehead atoms. The fourth-order valence-corrected chi connectivity index (χ4v) is 3.53. The standard InChI is InChI=1S/C20H14O5.C4H10.C2H4Cl2O/c21-11-5-7-15-17(9-11)25-18-10-12(22)6-8-16(18)19(15)13-3-1-2-4-14(13)20(23)24;1-3-4-2;3-1-5-2-4/h1-10,19,21-22H,(H,23,24);3-4H2,1-2H3;1-2H2. The zero-order valence-corrected chi connectivity index (χ0v) is 20.5. The molecule has 4 rings (SSSR count). The number of aromatic carboxylic acids is 1. The van der Waals surface area contributed by atoms with E-state index >= 15 is 0 Å². The van der Waals surface area contributed by atoms with E-state index in [1.165, 1.54) is 25.0 Å². The van der Waals surface area contributed by atoms with E-state index in [4.69, 9.17) is 27.9 Å². The average molecular weight is 507 g/mol. The average Bonchev–Trinajstić information content (AvgIpc) is 2.83. The Hall–Kier alpha value is -2.93. The third-order valence-corrected chi connectivity index (χ3v) is 5.30. The van der Waals surface area contributed by atoms with E-state index in [1.807, 2.05) is 0 Å². The summed E-state index contributed by atoms with van der Waals surface area (Å²) in [7, 11) is 0. The summed E-state index contributed by atoms with van der Waals surface area (Å²) >= 11 is 9.99. The number of ether oxygens (including phenoxy) is 2. The minimum atomic E-state index is -1.01. The Balaban J connectivity index is 0.000000391. The second-order valence-electron chi connectivity index (χ2n) is 7.29. The molecule has 0 unspecified atom stereocenters. The fraction of sp³-hybridized carbons (Fsp3) is 0.269. The molecule has 3 N–H and O–H groups in total. The van der Waals surface area contributed by atoms with Gasteiger partial charge in [-0.05, 0) is 23.8 Å². The quantitative estimate of drug-likeness (QED) is 0.246. The normalized spacial score (nSPS) is 11.5. The zero-order chi connectivity index (χ0) is 25.1. The van der Waals surface area contributed by atoms with Crippen molar-refractivity contribution < 1.29 is 29.6 Å². The van der Waals surface area contributed by atoms with Gasteiger partial charge in [-0.25, -0.2) is 4.79 Å². The van der Waals surface area contributed by atoms with E-state index in [2.05, 4.69) is 18.6 Å². The predicted molar refractivity (Wildman–Crippen MR) is 134 cm³/mol. The summed E-state index contributed by atoms with van der Waals surface area (Å²) in [5, 5.41) is 29.1. The molecule has 182 valence electrons. The molecule has 0 saturated carbocycles. The summed E-state index contributed by atoms with van der Waals surface area (Å²) in [5.74, 6) is -0.429. The number of carboxylic acid groups (broad SMARTS) is 1. The molecule has 1 aliphatic heterocycles. The van der Waals surface area contributed by atoms with Crippen molar-refractivity contribution in [2.45, 2.75) is 32.6 Å². The number of rotatable bonds is 5. The van der Waals surface area contributed by atoms with Gasteiger partial charge in [-0.1, -0.05) is 80.2 Å². The van der Waals surface area contributed by atoms with Crippen molar-refractivity contribution in [3.63, 3.8) is 0 Å². The second-order valence-corrected chi connectivity index (χ2v) is 7.73. The van der Waals surface area contributed by atoms with Crippen molar-refractivity contribution in [1.29, 1.82) is 0 Å². The monoisotopic (exact) mass is 506 g/mol. The number of phenols is 2. The number of hydrogen-bond donors (Lipinski definition) is 3. The molecule has 0 aliphatic carbocycles. The maximum atomic E-state index is 11.7. The van der Waals surface area contributed by atoms with Gasteiger partial charge in [0.25, 0.3) is 0 Å². The van der Waals surface area contributed by atoms with Crippen LogP contribution < -0.4 is 4.74 Å². The van der Waals surface area contributed by atoms with E-state index in [0.717, 1.165) is 11.1 Å². The summed E-state index contributed by atoms with van der Waals surface area (Å²) in [6, 6.07) is 16.7. The molecule has 1 heterocycles. The summed E-state index contributed by atoms with van der Waals surface area (Å²) in [5.41, 5.74) is 2.33. The van der Waals surface area contributed by atoms with E-state index in [-0.39, 0.29) is 35.1 Å². The van der Waals surface area contributed by atoms with Crippen molar-refractivity contribution in [3.8, 4) is 23.0 Å². The molecule has 1 aliphatic rings. The van der Waals surface area contributed by atoms with E-state index < -0.39 is 5.97 Å². The minimum absolute atomic E-state index is 0.0487. The Kier molecular flexibility index (Phi) is 11.0. The maximum Gasteiger partial charge on any atom is 0.335 e. The van der Waals surface area contributed by atoms with Gasteiger partial charge in [-0.2, -0.15) is 0 Å². The van der Waals surface area contributed by atoms with E-state index in [0.29, 0.717) is 17.1 Å². The van der Waals surface area contributed by atoms with Crippen molar-refractivity contribution in [2.24, 2.45) is 0 Å². The number of benzene rings is 3. The highest BCUT2D eigenvalue weighted by molar-refractivity contribution is 6.18. The Bertz CT molecular complexity index is 1030. The third-order valence-electron chi connectivity index (χ3n) is 4.99. The maximum absolute atomic E-state index is 11.7. The van der Waals surface area contributed by atoms with Crippen molar-refractivity contribution in [3.05, 3.63) is 82.9 Å². The van der Waals surface area contributed by atoms with Crippen LogP contribution in [0.1, 0.15) is 59.7 Å². The topological polar surface area (TPSA) is 96.2 Å². The summed E-state index contributed by atoms with van der Waals surface area (Å²) in [6.45, 7) is 4.36. The molecule has 0 fully saturated rings. The summed E-state index contributed by atoms with van der Waals surface area (Å²) < 4.78 is 10.2. The van der Waals surface area contributed by atoms with Gasteiger partial charge in [0.2, 0.25) is 0 Å². The number of phenolic OH excluding ortho intramolecular Hbond substituents is 2. The molecule has 3 aromatic carbocycles. The molecule has 3 aromatic rings. The van der Waals surface area contributed by atoms with Crippen LogP contribution in [0.4, 0.5) is 0 Å². The van der Waals surface area contributed by atoms with Crippen LogP contribution in [0.25, 0.3) is 0 Å². The highest BCUT2D eigenvalue weighted by atomic mass is 35.5. The summed E-state index contributed by atoms with van der Waals surface area (Å²) in [6.07, 6.45) is 2.64. The van der Waals surface area contributed by atoms with Crippen LogP contribution in [0.15, 0.2) is 60.7 Å². The Morgan fingerprint density at radius 2 is 1.35 bits per heavy atom. The molecule has 0 radical (unpaired) electrons. The molecule has 0 spiro atoms. The highest BCUT2D eigenvalue weighted by Gasteiger charge is 2.31. The number of carbonyl (C=O) groups is 1. The number of alkyl halides is 2. The Morgan fingerprint density at radius 1 is 0.853 bits per heavy atom. The fourth-order valence-electron chi connectivity index (χ4n) is 3.29. The van der Waals surface area contributed by atoms with Crippen LogP contribution in [0.2, 0.25) is 0 Å². The number of fused-ring (bicyclic) bond motifs is 2. The van der Waals surface area contributed by atoms with Crippen LogP contribution in [-0.4, -0.2) is 33.4 Å². The first-order valence-electron chi connectivity index (χ1n) is 10.7. The molecule has 0 saturated heterocycles. The van der Waals surface area contributed by atoms with Crippen LogP contribution in [0.5, 0.6) is 23.0 Å². The number of carboxylic acids is 1. The van der Waals surface area contributed by atoms with Gasteiger partial charge in [0.05, 0.1) is 5.56 Å². The van der Waals surface area contributed by atoms with Crippen LogP contribution >= 0.6 is 23.2 Å². The van der Waals surface area contributed by atoms with Gasteiger partial charge < -0.3 is 24.8 Å². The van der Waals surface area contributed by atoms with Gasteiger partial charge in [-0.15, -0.1) is 0 Å². The lowest BCUT2D eigenvalue weighted by Gasteiger charge is -2.29. The lowest BCUT2D eigenvalue weighted by molar-refractivity contribution is 0.0695. The third kappa shape index (κ3) is 7.03. The predicted octanol–water partition coefficient (Wildman–Crippen LogP) is 7.28. The van der Waals surface area contributed by atoms with Crippen molar-refractivity contribution >= 4 is 29.2 Å². The van der Waals surface area contributed by atoms with Crippen LogP contribution in [-0.2, 0) is 4.74 Å². The van der Waals surface area contributed by atoms with Crippen LogP contribution in [0, 0.1) is 0 Å². The highest BCUT2D eigenvalue weighted by Crippen LogP contribution is 2.49. The Labute approximate surface area is 209 Å². The Morgan fingerprint density at radius 3 is 1.76 bits per heavy atom. The van der Waals surface area contributed by atoms with Gasteiger partial charge in [0.1, 0.15) is 35.1 Å². The number of unbranched alkanes of at least 4 members (excludes halogenated alkanes) is 1. The molecule has 0 aromatic heterocycles. The van der Waals surface area contributed by atoms with Gasteiger partial charge >= 0.3 is 5.97 Å². The number of aromatic hydroxyl groups is 2. The van der Waals surface area contributed by atoms with Gasteiger partial charge in [-0.3, -0.25) is 0 Å². The minimum Gasteiger partial charge on any atom is -0.508 e. The SMILES string of the molecule is CCCC.ClCOCCl.O=C(O)c1ccccc1C1c2ccc(O)cc2Oc2cc(O)ccc21. The first-order chi connectivity index (χ1) is 16.4. The lowest BCUT2D eigenvalue weighted by atomic mass is 9.80. The van der Waals surface area contributed by atoms with Gasteiger partial charge in [0.15, 0.2) is 0 Å². The molecule has 6 nitrogen and oxygen atoms in total. The largest absolute Gasteiger partial charge is 0.508 e. The van der Waals surface area contributed by atoms with E-state index in [1.54, 1.807) is 48.5 Å². The molecule has 0 amide bonds. The lowest BCUT2D eigenvalue weighted by Crippen LogP contribution is -2.15. The second kappa shape index (κ2) is 13.7. The first kappa shape index (κ1) is 27.3. The molecule has 34 heavy (non-hydrogen) atoms. The zero-order valence-electron chi connectivity index (χ0n) is 19.0. The smallest absolute Gasteiger partial charge is 0.335 e. The molecular formula is C26H28Cl2O6.